The molecule has 8 rings (SSSR count). The summed E-state index contributed by atoms with van der Waals surface area (Å²) in [5.41, 5.74) is 12.2. The molecule has 5 aromatic carbocycles. The molecule has 1 unspecified atom stereocenters. The van der Waals surface area contributed by atoms with Crippen molar-refractivity contribution >= 4 is 47.2 Å². The minimum absolute atomic E-state index is 0.0490. The van der Waals surface area contributed by atoms with E-state index in [1.54, 1.807) is 19.2 Å². The average Bonchev–Trinajstić information content (AvgIpc) is 3.76. The number of hydrogen-bond acceptors (Lipinski definition) is 7. The number of nitrogens with one attached hydrogen (secondary N) is 1. The highest BCUT2D eigenvalue weighted by Crippen LogP contribution is 2.41. The molecule has 0 saturated heterocycles. The van der Waals surface area contributed by atoms with Crippen LogP contribution >= 0.6 is 0 Å². The Morgan fingerprint density at radius 3 is 1.93 bits per heavy atom. The van der Waals surface area contributed by atoms with Crippen molar-refractivity contribution in [2.45, 2.75) is 74.5 Å². The first-order chi connectivity index (χ1) is 32.8. The van der Waals surface area contributed by atoms with E-state index in [1.165, 1.54) is 6.26 Å². The molecule has 6 aromatic rings. The molecule has 0 fully saturated rings. The average molecular weight is 908 g/mol. The molecule has 346 valence electrons. The van der Waals surface area contributed by atoms with Crippen LogP contribution in [0.5, 0.6) is 34.5 Å². The van der Waals surface area contributed by atoms with Gasteiger partial charge in [0.25, 0.3) is 0 Å². The predicted octanol–water partition coefficient (Wildman–Crippen LogP) is 11.8. The fourth-order valence-corrected chi connectivity index (χ4v) is 9.16. The number of fused-ring (bicyclic) bond motifs is 2. The first kappa shape index (κ1) is 48.4. The number of aromatic amines is 1. The quantitative estimate of drug-likeness (QED) is 0.0515. The lowest BCUT2D eigenvalue weighted by Gasteiger charge is -2.24. The minimum Gasteiger partial charge on any atom is -0.497 e. The molecule has 0 amide bonds. The zero-order chi connectivity index (χ0) is 48.6. The second-order valence-corrected chi connectivity index (χ2v) is 16.9. The summed E-state index contributed by atoms with van der Waals surface area (Å²) in [7, 11) is 1.63. The summed E-state index contributed by atoms with van der Waals surface area (Å²) >= 11 is 0. The Hall–Kier alpha value is -7.56. The van der Waals surface area contributed by atoms with Crippen LogP contribution in [0.2, 0.25) is 0 Å². The van der Waals surface area contributed by atoms with Crippen LogP contribution in [-0.4, -0.2) is 52.4 Å². The molecule has 0 saturated carbocycles. The summed E-state index contributed by atoms with van der Waals surface area (Å²) in [6.45, 7) is 21.0. The summed E-state index contributed by atoms with van der Waals surface area (Å²) < 4.78 is 31.3. The van der Waals surface area contributed by atoms with E-state index >= 15 is 0 Å². The summed E-state index contributed by atoms with van der Waals surface area (Å²) in [5.74, 6) is 3.68. The number of benzene rings is 5. The van der Waals surface area contributed by atoms with Crippen molar-refractivity contribution in [3.63, 3.8) is 0 Å². The molecule has 2 N–H and O–H groups in total. The number of H-pyrrole nitrogens is 1. The molecule has 9 nitrogen and oxygen atoms in total. The monoisotopic (exact) mass is 907 g/mol. The highest BCUT2D eigenvalue weighted by atomic mass is 16.5. The van der Waals surface area contributed by atoms with Crippen LogP contribution in [0.3, 0.4) is 0 Å². The normalized spacial score (nSPS) is 14.3. The van der Waals surface area contributed by atoms with Crippen LogP contribution in [0, 0.1) is 13.8 Å². The first-order valence-electron chi connectivity index (χ1n) is 22.9. The van der Waals surface area contributed by atoms with Gasteiger partial charge in [-0.3, -0.25) is 4.49 Å². The van der Waals surface area contributed by atoms with E-state index in [-0.39, 0.29) is 13.0 Å². The van der Waals surface area contributed by atoms with Crippen LogP contribution in [0.15, 0.2) is 157 Å². The number of rotatable bonds is 13. The summed E-state index contributed by atoms with van der Waals surface area (Å²) in [4.78, 5) is 17.8. The van der Waals surface area contributed by atoms with E-state index in [1.807, 2.05) is 152 Å². The smallest absolute Gasteiger partial charge is 0.497 e. The van der Waals surface area contributed by atoms with Gasteiger partial charge < -0.3 is 33.8 Å². The van der Waals surface area contributed by atoms with Crippen molar-refractivity contribution in [1.82, 2.24) is 4.98 Å². The van der Waals surface area contributed by atoms with Gasteiger partial charge in [0.1, 0.15) is 34.5 Å². The van der Waals surface area contributed by atoms with E-state index < -0.39 is 12.1 Å². The van der Waals surface area contributed by atoms with Crippen LogP contribution < -0.4 is 34.6 Å². The highest BCUT2D eigenvalue weighted by Gasteiger charge is 2.51. The Kier molecular flexibility index (Phi) is 15.2. The zero-order valence-corrected chi connectivity index (χ0v) is 40.6. The molecule has 0 aliphatic carbocycles. The van der Waals surface area contributed by atoms with E-state index in [0.29, 0.717) is 22.8 Å². The van der Waals surface area contributed by atoms with Crippen molar-refractivity contribution in [2.24, 2.45) is 0 Å². The topological polar surface area (TPSA) is 102 Å². The Bertz CT molecular complexity index is 2960. The Balaban J connectivity index is 0.000000420. The maximum absolute atomic E-state index is 14.2. The molecule has 2 aliphatic heterocycles. The third kappa shape index (κ3) is 9.92. The molecule has 0 radical (unpaired) electrons. The van der Waals surface area contributed by atoms with Crippen LogP contribution in [0.1, 0.15) is 92.5 Å². The molecule has 0 spiro atoms. The maximum Gasteiger partial charge on any atom is 0.567 e. The number of nitrogens with zero attached hydrogens (tertiary/aromatic N) is 1. The number of aliphatic hydroxyl groups is 1. The number of methoxy groups -OCH3 is 1. The van der Waals surface area contributed by atoms with E-state index in [4.69, 9.17) is 23.7 Å². The predicted molar refractivity (Wildman–Crippen MR) is 276 cm³/mol. The summed E-state index contributed by atoms with van der Waals surface area (Å²) in [6, 6.07) is 37.6. The molecule has 10 heteroatoms. The lowest BCUT2D eigenvalue weighted by atomic mass is 9.48. The maximum atomic E-state index is 14.2. The summed E-state index contributed by atoms with van der Waals surface area (Å²) in [5, 5.41) is 11.3. The zero-order valence-electron chi connectivity index (χ0n) is 40.6. The molecule has 68 heavy (non-hydrogen) atoms. The second-order valence-electron chi connectivity index (χ2n) is 16.9. The largest absolute Gasteiger partial charge is 0.567 e. The van der Waals surface area contributed by atoms with Gasteiger partial charge in [0.2, 0.25) is 0 Å². The van der Waals surface area contributed by atoms with Crippen molar-refractivity contribution in [3.8, 4) is 34.5 Å². The van der Waals surface area contributed by atoms with Crippen molar-refractivity contribution in [2.75, 3.05) is 7.11 Å². The fraction of sp³-hybridized carbons (Fsp3) is 0.207. The number of aryl methyl sites for hydroxylation is 1. The second kappa shape index (κ2) is 21.4. The van der Waals surface area contributed by atoms with Gasteiger partial charge in [0.15, 0.2) is 11.4 Å². The van der Waals surface area contributed by atoms with E-state index in [0.717, 1.165) is 90.0 Å². The fourth-order valence-electron chi connectivity index (χ4n) is 9.16. The number of para-hydroxylation sites is 2. The van der Waals surface area contributed by atoms with Crippen LogP contribution in [0.4, 0.5) is 0 Å². The number of esters is 1. The van der Waals surface area contributed by atoms with Gasteiger partial charge in [-0.1, -0.05) is 97.6 Å². The lowest BCUT2D eigenvalue weighted by molar-refractivity contribution is -0.315. The number of allylic oxidation sites excluding steroid dienone is 3. The molecule has 1 atom stereocenters. The van der Waals surface area contributed by atoms with Gasteiger partial charge in [-0.25, -0.2) is 4.79 Å². The van der Waals surface area contributed by atoms with Crippen LogP contribution in [-0.2, 0) is 0 Å². The third-order valence-electron chi connectivity index (χ3n) is 11.9. The standard InChI is InChI=1S/C46H45BN2O5.C12H14O2/c1-9-17-33-24-25-35(26-40(33)52-27(2)3)53-46(51)41-28(4)44(48-30(41)6)43(34-18-11-10-12-19-34)45-29(5)42(32(8)50)31(7)49(45)47-36-20-13-15-22-38(36)54-39-23-16-14-21-37(39)47;1-4-6-10-7-8-11(13-3)9-12(10)14-5-2/h9-27,32,50H,1-8H3;4-9H,2H2,1,3H3/p+1/b17-9-;6-4-. The van der Waals surface area contributed by atoms with Gasteiger partial charge in [0, 0.05) is 52.4 Å². The van der Waals surface area contributed by atoms with Gasteiger partial charge >= 0.3 is 12.8 Å². The molecular weight excluding hydrogens is 847 g/mol. The number of carbonyl (C=O) groups is 1. The number of ether oxygens (including phenoxy) is 5. The van der Waals surface area contributed by atoms with Gasteiger partial charge in [-0.2, -0.15) is 0 Å². The van der Waals surface area contributed by atoms with Gasteiger partial charge in [0.05, 0.1) is 48.0 Å². The van der Waals surface area contributed by atoms with Gasteiger partial charge in [-0.15, -0.1) is 0 Å². The number of hydrogen-bond donors (Lipinski definition) is 2. The van der Waals surface area contributed by atoms with E-state index in [2.05, 4.69) is 54.2 Å². The number of aliphatic hydroxyl groups excluding tert-OH is 1. The molecule has 3 heterocycles. The molecular formula is C58H60BN2O7+. The first-order valence-corrected chi connectivity index (χ1v) is 22.9. The highest BCUT2D eigenvalue weighted by molar-refractivity contribution is 6.81. The molecule has 2 aliphatic rings. The minimum atomic E-state index is -0.729. The Morgan fingerprint density at radius 1 is 0.779 bits per heavy atom. The van der Waals surface area contributed by atoms with E-state index in [9.17, 15) is 9.90 Å². The number of aromatic nitrogens is 1. The van der Waals surface area contributed by atoms with Gasteiger partial charge in [-0.05, 0) is 103 Å². The Morgan fingerprint density at radius 2 is 1.35 bits per heavy atom. The SMILES string of the molecule is C/C=C\c1ccc(OC(=O)c2c(C)[nH]c(/C(=C3/C(C)=C(C(C)O)C(C)=[N+]3B3c4ccccc4Oc4ccccc43)c3ccccc3)c2C)cc1OC(C)C.C=COc1cc(OC)ccc1/C=C\C. The number of carbonyl (C=O) groups excluding carboxylic acids is 1. The van der Waals surface area contributed by atoms with Crippen molar-refractivity contribution < 1.29 is 38.1 Å². The lowest BCUT2D eigenvalue weighted by Crippen LogP contribution is -2.55. The summed E-state index contributed by atoms with van der Waals surface area (Å²) in [6.07, 6.45) is 8.47. The Labute approximate surface area is 401 Å². The van der Waals surface area contributed by atoms with Crippen LogP contribution in [0.25, 0.3) is 17.7 Å². The molecule has 1 aromatic heterocycles. The van der Waals surface area contributed by atoms with Crippen molar-refractivity contribution in [3.05, 3.63) is 196 Å². The molecule has 0 bridgehead atoms. The third-order valence-corrected chi connectivity index (χ3v) is 11.9. The van der Waals surface area contributed by atoms with Crippen molar-refractivity contribution in [1.29, 1.82) is 0 Å².